The van der Waals surface area contributed by atoms with Crippen LogP contribution in [0.3, 0.4) is 0 Å². The van der Waals surface area contributed by atoms with Crippen LogP contribution in [-0.2, 0) is 9.53 Å². The van der Waals surface area contributed by atoms with Crippen molar-refractivity contribution >= 4 is 17.6 Å². The molecule has 0 aliphatic heterocycles. The number of carbonyl (C=O) groups is 2. The second-order valence-electron chi connectivity index (χ2n) is 4.50. The second kappa shape index (κ2) is 7.83. The molecule has 2 aromatic rings. The predicted octanol–water partition coefficient (Wildman–Crippen LogP) is 2.88. The number of carbonyl (C=O) groups excluding carboxylic acids is 2. The van der Waals surface area contributed by atoms with E-state index in [-0.39, 0.29) is 18.9 Å². The highest BCUT2D eigenvalue weighted by molar-refractivity contribution is 6.01. The lowest BCUT2D eigenvalue weighted by atomic mass is 10.1. The van der Waals surface area contributed by atoms with Gasteiger partial charge >= 0.3 is 5.97 Å². The fourth-order valence-electron chi connectivity index (χ4n) is 1.87. The van der Waals surface area contributed by atoms with Gasteiger partial charge in [-0.1, -0.05) is 30.3 Å². The lowest BCUT2D eigenvalue weighted by Crippen LogP contribution is -2.17. The van der Waals surface area contributed by atoms with Crippen molar-refractivity contribution in [3.05, 3.63) is 60.2 Å². The van der Waals surface area contributed by atoms with Gasteiger partial charge in [0.05, 0.1) is 31.4 Å². The van der Waals surface area contributed by atoms with Gasteiger partial charge in [-0.2, -0.15) is 0 Å². The number of ether oxygens (including phenoxy) is 2. The van der Waals surface area contributed by atoms with E-state index in [0.29, 0.717) is 17.0 Å². The average Bonchev–Trinajstić information content (AvgIpc) is 2.55. The summed E-state index contributed by atoms with van der Waals surface area (Å²) < 4.78 is 10.1. The molecule has 1 amide bonds. The van der Waals surface area contributed by atoms with Crippen LogP contribution < -0.4 is 10.1 Å². The number of nitrogens with one attached hydrogen (secondary N) is 1. The first-order valence-corrected chi connectivity index (χ1v) is 6.86. The van der Waals surface area contributed by atoms with Crippen molar-refractivity contribution in [1.29, 1.82) is 0 Å². The molecule has 0 aliphatic carbocycles. The molecule has 5 heteroatoms. The Kier molecular flexibility index (Phi) is 5.54. The van der Waals surface area contributed by atoms with Gasteiger partial charge in [0.1, 0.15) is 5.75 Å². The minimum atomic E-state index is -0.489. The Morgan fingerprint density at radius 2 is 1.68 bits per heavy atom. The Morgan fingerprint density at radius 3 is 2.41 bits per heavy atom. The Balaban J connectivity index is 1.88. The molecule has 0 bridgehead atoms. The van der Waals surface area contributed by atoms with E-state index >= 15 is 0 Å². The van der Waals surface area contributed by atoms with Crippen LogP contribution in [0, 0.1) is 0 Å². The standard InChI is InChI=1S/C17H17NO4/c1-21-17(20)14-9-5-6-10-15(14)18-16(19)11-12-22-13-7-3-2-4-8-13/h2-10H,11-12H2,1H3,(H,18,19). The van der Waals surface area contributed by atoms with Crippen LogP contribution in [0.4, 0.5) is 5.69 Å². The van der Waals surface area contributed by atoms with Crippen molar-refractivity contribution in [2.75, 3.05) is 19.0 Å². The fraction of sp³-hybridized carbons (Fsp3) is 0.176. The zero-order valence-electron chi connectivity index (χ0n) is 12.2. The van der Waals surface area contributed by atoms with Gasteiger partial charge in [0.15, 0.2) is 0 Å². The predicted molar refractivity (Wildman–Crippen MR) is 83.0 cm³/mol. The third-order valence-electron chi connectivity index (χ3n) is 2.95. The van der Waals surface area contributed by atoms with Gasteiger partial charge in [-0.3, -0.25) is 4.79 Å². The van der Waals surface area contributed by atoms with E-state index in [1.165, 1.54) is 7.11 Å². The molecule has 5 nitrogen and oxygen atoms in total. The molecular formula is C17H17NO4. The lowest BCUT2D eigenvalue weighted by molar-refractivity contribution is -0.116. The summed E-state index contributed by atoms with van der Waals surface area (Å²) in [5.41, 5.74) is 0.751. The van der Waals surface area contributed by atoms with Gasteiger partial charge in [0.2, 0.25) is 5.91 Å². The van der Waals surface area contributed by atoms with E-state index in [9.17, 15) is 9.59 Å². The van der Waals surface area contributed by atoms with E-state index in [4.69, 9.17) is 4.74 Å². The van der Waals surface area contributed by atoms with E-state index in [1.54, 1.807) is 24.3 Å². The first-order valence-electron chi connectivity index (χ1n) is 6.86. The van der Waals surface area contributed by atoms with Crippen molar-refractivity contribution in [2.24, 2.45) is 0 Å². The van der Waals surface area contributed by atoms with Gasteiger partial charge in [-0.05, 0) is 24.3 Å². The number of amides is 1. The average molecular weight is 299 g/mol. The minimum absolute atomic E-state index is 0.185. The molecule has 0 atom stereocenters. The monoisotopic (exact) mass is 299 g/mol. The molecule has 0 aliphatic rings. The Hall–Kier alpha value is -2.82. The Bertz CT molecular complexity index is 640. The third kappa shape index (κ3) is 4.34. The first kappa shape index (κ1) is 15.6. The number of rotatable bonds is 6. The van der Waals surface area contributed by atoms with E-state index < -0.39 is 5.97 Å². The van der Waals surface area contributed by atoms with Gasteiger partial charge in [-0.25, -0.2) is 4.79 Å². The maximum absolute atomic E-state index is 11.9. The minimum Gasteiger partial charge on any atom is -0.493 e. The van der Waals surface area contributed by atoms with Crippen LogP contribution in [-0.4, -0.2) is 25.6 Å². The summed E-state index contributed by atoms with van der Waals surface area (Å²) >= 11 is 0. The summed E-state index contributed by atoms with van der Waals surface area (Å²) in [5.74, 6) is -0.00557. The molecule has 22 heavy (non-hydrogen) atoms. The van der Waals surface area contributed by atoms with Crippen LogP contribution in [0.15, 0.2) is 54.6 Å². The summed E-state index contributed by atoms with van der Waals surface area (Å²) in [5, 5.41) is 2.69. The molecule has 0 saturated carbocycles. The van der Waals surface area contributed by atoms with Crippen molar-refractivity contribution in [3.8, 4) is 5.75 Å². The summed E-state index contributed by atoms with van der Waals surface area (Å²) in [6.45, 7) is 0.260. The number of benzene rings is 2. The molecule has 2 aromatic carbocycles. The maximum Gasteiger partial charge on any atom is 0.339 e. The maximum atomic E-state index is 11.9. The molecule has 1 N–H and O–H groups in total. The van der Waals surface area contributed by atoms with Gasteiger partial charge in [0.25, 0.3) is 0 Å². The van der Waals surface area contributed by atoms with Crippen LogP contribution in [0.25, 0.3) is 0 Å². The number of para-hydroxylation sites is 2. The topological polar surface area (TPSA) is 64.6 Å². The number of esters is 1. The molecule has 0 unspecified atom stereocenters. The highest BCUT2D eigenvalue weighted by atomic mass is 16.5. The Morgan fingerprint density at radius 1 is 1.00 bits per heavy atom. The molecule has 114 valence electrons. The molecular weight excluding hydrogens is 282 g/mol. The third-order valence-corrected chi connectivity index (χ3v) is 2.95. The van der Waals surface area contributed by atoms with E-state index in [2.05, 4.69) is 10.1 Å². The van der Waals surface area contributed by atoms with Crippen LogP contribution in [0.1, 0.15) is 16.8 Å². The van der Waals surface area contributed by atoms with Crippen molar-refractivity contribution in [2.45, 2.75) is 6.42 Å². The largest absolute Gasteiger partial charge is 0.493 e. The highest BCUT2D eigenvalue weighted by Gasteiger charge is 2.13. The van der Waals surface area contributed by atoms with E-state index in [1.807, 2.05) is 30.3 Å². The van der Waals surface area contributed by atoms with Gasteiger partial charge < -0.3 is 14.8 Å². The zero-order valence-corrected chi connectivity index (χ0v) is 12.2. The molecule has 0 heterocycles. The van der Waals surface area contributed by atoms with Crippen molar-refractivity contribution in [1.82, 2.24) is 0 Å². The highest BCUT2D eigenvalue weighted by Crippen LogP contribution is 2.16. The SMILES string of the molecule is COC(=O)c1ccccc1NC(=O)CCOc1ccccc1. The zero-order chi connectivity index (χ0) is 15.8. The number of hydrogen-bond acceptors (Lipinski definition) is 4. The molecule has 2 rings (SSSR count). The number of anilines is 1. The smallest absolute Gasteiger partial charge is 0.339 e. The summed E-state index contributed by atoms with van der Waals surface area (Å²) in [7, 11) is 1.30. The van der Waals surface area contributed by atoms with E-state index in [0.717, 1.165) is 0 Å². The van der Waals surface area contributed by atoms with Gasteiger partial charge in [0, 0.05) is 0 Å². The molecule has 0 spiro atoms. The first-order chi connectivity index (χ1) is 10.7. The second-order valence-corrected chi connectivity index (χ2v) is 4.50. The lowest BCUT2D eigenvalue weighted by Gasteiger charge is -2.10. The van der Waals surface area contributed by atoms with Crippen LogP contribution in [0.2, 0.25) is 0 Å². The fourth-order valence-corrected chi connectivity index (χ4v) is 1.87. The quantitative estimate of drug-likeness (QED) is 0.833. The molecule has 0 fully saturated rings. The van der Waals surface area contributed by atoms with Crippen LogP contribution >= 0.6 is 0 Å². The Labute approximate surface area is 128 Å². The molecule has 0 radical (unpaired) electrons. The van der Waals surface area contributed by atoms with Crippen LogP contribution in [0.5, 0.6) is 5.75 Å². The number of methoxy groups -OCH3 is 1. The van der Waals surface area contributed by atoms with Crippen molar-refractivity contribution in [3.63, 3.8) is 0 Å². The molecule has 0 aromatic heterocycles. The molecule has 0 saturated heterocycles. The summed E-state index contributed by atoms with van der Waals surface area (Å²) in [4.78, 5) is 23.5. The van der Waals surface area contributed by atoms with Gasteiger partial charge in [-0.15, -0.1) is 0 Å². The summed E-state index contributed by atoms with van der Waals surface area (Å²) in [6.07, 6.45) is 0.185. The van der Waals surface area contributed by atoms with Crippen molar-refractivity contribution < 1.29 is 19.1 Å². The normalized spacial score (nSPS) is 9.86. The summed E-state index contributed by atoms with van der Waals surface area (Å²) in [6, 6.07) is 16.0. The number of hydrogen-bond donors (Lipinski definition) is 1.